The highest BCUT2D eigenvalue weighted by atomic mass is 19.4. The maximum atomic E-state index is 13.1. The molecule has 5 nitrogen and oxygen atoms in total. The first kappa shape index (κ1) is 23.4. The second kappa shape index (κ2) is 9.28. The number of aliphatic hydroxyl groups is 1. The lowest BCUT2D eigenvalue weighted by atomic mass is 10.0. The van der Waals surface area contributed by atoms with E-state index in [0.717, 1.165) is 0 Å². The molecule has 0 aliphatic carbocycles. The van der Waals surface area contributed by atoms with Gasteiger partial charge in [-0.1, -0.05) is 24.8 Å². The highest BCUT2D eigenvalue weighted by molar-refractivity contribution is 5.97. The van der Waals surface area contributed by atoms with Gasteiger partial charge in [-0.05, 0) is 35.4 Å². The molecule has 0 radical (unpaired) electrons. The number of rotatable bonds is 6. The summed E-state index contributed by atoms with van der Waals surface area (Å²) in [5.74, 6) is 4.38. The summed E-state index contributed by atoms with van der Waals surface area (Å²) >= 11 is 0. The molecule has 0 spiro atoms. The third-order valence-electron chi connectivity index (χ3n) is 3.80. The number of benzene rings is 2. The van der Waals surface area contributed by atoms with Crippen molar-refractivity contribution in [2.45, 2.75) is 19.0 Å². The largest absolute Gasteiger partial charge is 0.416 e. The van der Waals surface area contributed by atoms with Gasteiger partial charge in [0.05, 0.1) is 23.4 Å². The van der Waals surface area contributed by atoms with Crippen LogP contribution in [-0.2, 0) is 28.5 Å². The Hall–Kier alpha value is -2.89. The number of alkyl halides is 6. The van der Waals surface area contributed by atoms with E-state index in [1.807, 2.05) is 0 Å². The zero-order chi connectivity index (χ0) is 22.5. The van der Waals surface area contributed by atoms with Crippen molar-refractivity contribution in [2.75, 3.05) is 6.79 Å². The maximum Gasteiger partial charge on any atom is 0.416 e. The standard InChI is InChI=1S/C19H16F6N2O3/c1-11(13-4-2-3-12(5-13)9-29-10-28)27-17(30-26)14-6-15(18(20,21)22)8-16(7-14)19(23,24)25/h2-8,28H,1,9-10,26H2. The van der Waals surface area contributed by atoms with Gasteiger partial charge in [0, 0.05) is 5.56 Å². The van der Waals surface area contributed by atoms with Gasteiger partial charge in [-0.15, -0.1) is 0 Å². The molecule has 30 heavy (non-hydrogen) atoms. The highest BCUT2D eigenvalue weighted by Gasteiger charge is 2.37. The SMILES string of the molecule is C=C(N=C(ON)c1cc(C(F)(F)F)cc(C(F)(F)F)c1)c1cccc(COCO)c1. The fourth-order valence-corrected chi connectivity index (χ4v) is 2.43. The fraction of sp³-hybridized carbons (Fsp3) is 0.211. The average Bonchev–Trinajstić information content (AvgIpc) is 2.68. The molecule has 0 aliphatic heterocycles. The van der Waals surface area contributed by atoms with Crippen molar-refractivity contribution in [3.05, 3.63) is 76.9 Å². The van der Waals surface area contributed by atoms with E-state index >= 15 is 0 Å². The molecule has 0 amide bonds. The van der Waals surface area contributed by atoms with Gasteiger partial charge in [-0.3, -0.25) is 0 Å². The number of hydrogen-bond donors (Lipinski definition) is 2. The number of ether oxygens (including phenoxy) is 1. The minimum absolute atomic E-state index is 0.0168. The lowest BCUT2D eigenvalue weighted by Crippen LogP contribution is -2.17. The first-order valence-corrected chi connectivity index (χ1v) is 8.18. The van der Waals surface area contributed by atoms with Gasteiger partial charge in [0.25, 0.3) is 0 Å². The molecule has 0 fully saturated rings. The highest BCUT2D eigenvalue weighted by Crippen LogP contribution is 2.36. The van der Waals surface area contributed by atoms with E-state index in [-0.39, 0.29) is 18.4 Å². The van der Waals surface area contributed by atoms with Gasteiger partial charge in [-0.25, -0.2) is 4.99 Å². The van der Waals surface area contributed by atoms with E-state index in [1.54, 1.807) is 24.3 Å². The molecule has 0 aliphatic rings. The normalized spacial score (nSPS) is 12.7. The molecule has 0 aromatic heterocycles. The number of hydrogen-bond acceptors (Lipinski definition) is 5. The van der Waals surface area contributed by atoms with Crippen LogP contribution in [0.4, 0.5) is 26.3 Å². The second-order valence-electron chi connectivity index (χ2n) is 5.95. The molecule has 3 N–H and O–H groups in total. The third-order valence-corrected chi connectivity index (χ3v) is 3.80. The molecule has 2 rings (SSSR count). The van der Waals surface area contributed by atoms with Gasteiger partial charge < -0.3 is 14.7 Å². The van der Waals surface area contributed by atoms with Crippen LogP contribution in [0.5, 0.6) is 0 Å². The summed E-state index contributed by atoms with van der Waals surface area (Å²) in [4.78, 5) is 8.31. The first-order valence-electron chi connectivity index (χ1n) is 8.18. The van der Waals surface area contributed by atoms with E-state index in [9.17, 15) is 26.3 Å². The van der Waals surface area contributed by atoms with E-state index in [1.165, 1.54) is 0 Å². The molecule has 2 aromatic rings. The van der Waals surface area contributed by atoms with Crippen molar-refractivity contribution in [3.63, 3.8) is 0 Å². The van der Waals surface area contributed by atoms with Crippen LogP contribution in [0.3, 0.4) is 0 Å². The molecule has 0 saturated carbocycles. The van der Waals surface area contributed by atoms with Gasteiger partial charge in [-0.2, -0.15) is 32.2 Å². The summed E-state index contributed by atoms with van der Waals surface area (Å²) in [5.41, 5.74) is -2.73. The predicted octanol–water partition coefficient (Wildman–Crippen LogP) is 4.50. The monoisotopic (exact) mass is 434 g/mol. The van der Waals surface area contributed by atoms with E-state index in [4.69, 9.17) is 15.7 Å². The Labute approximate surface area is 167 Å². The van der Waals surface area contributed by atoms with Crippen LogP contribution in [0.15, 0.2) is 54.0 Å². The summed E-state index contributed by atoms with van der Waals surface area (Å²) in [6.45, 7) is 3.20. The van der Waals surface area contributed by atoms with Crippen molar-refractivity contribution in [1.82, 2.24) is 0 Å². The first-order chi connectivity index (χ1) is 14.0. The number of nitrogens with two attached hydrogens (primary N) is 1. The van der Waals surface area contributed by atoms with Crippen molar-refractivity contribution in [3.8, 4) is 0 Å². The molecule has 2 aromatic carbocycles. The Balaban J connectivity index is 2.48. The fourth-order valence-electron chi connectivity index (χ4n) is 2.43. The summed E-state index contributed by atoms with van der Waals surface area (Å²) in [5, 5.41) is 8.69. The Morgan fingerprint density at radius 2 is 1.57 bits per heavy atom. The number of nitrogens with zero attached hydrogens (tertiary/aromatic N) is 1. The zero-order valence-corrected chi connectivity index (χ0v) is 15.2. The Kier molecular flexibility index (Phi) is 7.24. The molecule has 0 unspecified atom stereocenters. The predicted molar refractivity (Wildman–Crippen MR) is 95.6 cm³/mol. The minimum Gasteiger partial charge on any atom is -0.391 e. The molecule has 0 atom stereocenters. The van der Waals surface area contributed by atoms with Gasteiger partial charge in [0.2, 0.25) is 5.90 Å². The molecule has 0 bridgehead atoms. The van der Waals surface area contributed by atoms with Crippen molar-refractivity contribution in [1.29, 1.82) is 0 Å². The maximum absolute atomic E-state index is 13.1. The zero-order valence-electron chi connectivity index (χ0n) is 15.2. The number of halogens is 6. The number of aliphatic hydroxyl groups excluding tert-OH is 1. The Bertz CT molecular complexity index is 906. The lowest BCUT2D eigenvalue weighted by Gasteiger charge is -2.14. The van der Waals surface area contributed by atoms with Gasteiger partial charge in [0.15, 0.2) is 0 Å². The van der Waals surface area contributed by atoms with Crippen LogP contribution in [0.1, 0.15) is 27.8 Å². The molecule has 162 valence electrons. The number of aliphatic imine (C=N–C) groups is 1. The quantitative estimate of drug-likeness (QED) is 0.231. The van der Waals surface area contributed by atoms with Crippen molar-refractivity contribution < 1.29 is 41.0 Å². The summed E-state index contributed by atoms with van der Waals surface area (Å²) in [6.07, 6.45) is -10.1. The molecular weight excluding hydrogens is 418 g/mol. The van der Waals surface area contributed by atoms with Crippen molar-refractivity contribution >= 4 is 11.6 Å². The Morgan fingerprint density at radius 3 is 2.07 bits per heavy atom. The summed E-state index contributed by atoms with van der Waals surface area (Å²) in [6, 6.07) is 7.25. The minimum atomic E-state index is -5.03. The second-order valence-corrected chi connectivity index (χ2v) is 5.95. The average molecular weight is 434 g/mol. The molecular formula is C19H16F6N2O3. The van der Waals surface area contributed by atoms with Crippen LogP contribution < -0.4 is 5.90 Å². The van der Waals surface area contributed by atoms with Crippen LogP contribution in [0.2, 0.25) is 0 Å². The van der Waals surface area contributed by atoms with Crippen LogP contribution >= 0.6 is 0 Å². The van der Waals surface area contributed by atoms with Gasteiger partial charge in [0.1, 0.15) is 6.79 Å². The third kappa shape index (κ3) is 6.05. The van der Waals surface area contributed by atoms with E-state index in [2.05, 4.69) is 16.4 Å². The van der Waals surface area contributed by atoms with E-state index in [0.29, 0.717) is 23.3 Å². The van der Waals surface area contributed by atoms with Crippen LogP contribution in [0.25, 0.3) is 5.70 Å². The topological polar surface area (TPSA) is 77.1 Å². The van der Waals surface area contributed by atoms with Crippen LogP contribution in [0, 0.1) is 0 Å². The summed E-state index contributed by atoms with van der Waals surface area (Å²) in [7, 11) is 0. The van der Waals surface area contributed by atoms with Gasteiger partial charge >= 0.3 is 12.4 Å². The molecule has 0 heterocycles. The Morgan fingerprint density at radius 1 is 0.967 bits per heavy atom. The van der Waals surface area contributed by atoms with Crippen LogP contribution in [-0.4, -0.2) is 17.8 Å². The lowest BCUT2D eigenvalue weighted by molar-refractivity contribution is -0.143. The smallest absolute Gasteiger partial charge is 0.391 e. The van der Waals surface area contributed by atoms with Crippen molar-refractivity contribution in [2.24, 2.45) is 10.9 Å². The molecule has 11 heteroatoms. The molecule has 0 saturated heterocycles. The van der Waals surface area contributed by atoms with E-state index < -0.39 is 41.7 Å². The summed E-state index contributed by atoms with van der Waals surface area (Å²) < 4.78 is 83.2.